The number of esters is 2. The van der Waals surface area contributed by atoms with Gasteiger partial charge in [0.15, 0.2) is 37.4 Å². The summed E-state index contributed by atoms with van der Waals surface area (Å²) in [4.78, 5) is 56.6. The average molecular weight is 1780 g/mol. The predicted molar refractivity (Wildman–Crippen MR) is 398 cm³/mol. The van der Waals surface area contributed by atoms with Crippen LogP contribution in [0.5, 0.6) is 0 Å². The number of alkyl carbamates (subject to hydrolysis) is 2. The van der Waals surface area contributed by atoms with E-state index in [-0.39, 0.29) is 143 Å². The Bertz CT molecular complexity index is 2660. The van der Waals surface area contributed by atoms with E-state index >= 15 is 0 Å². The quantitative estimate of drug-likeness (QED) is 0.0329. The molecule has 0 aromatic rings. The Hall–Kier alpha value is -1.80. The molecule has 109 heavy (non-hydrogen) atoms. The minimum Gasteiger partial charge on any atom is -0.459 e. The number of hydrogen-bond acceptors (Lipinski definition) is 26. The molecule has 6 heterocycles. The molecule has 16 unspecified atom stereocenters. The van der Waals surface area contributed by atoms with Gasteiger partial charge in [0.05, 0.1) is 84.1 Å². The van der Waals surface area contributed by atoms with E-state index in [1.165, 1.54) is 28.1 Å². The molecule has 0 aromatic carbocycles. The molecule has 29 heteroatoms. The van der Waals surface area contributed by atoms with Gasteiger partial charge in [0, 0.05) is 96.0 Å². The van der Waals surface area contributed by atoms with E-state index in [2.05, 4.69) is 10.6 Å². The summed E-state index contributed by atoms with van der Waals surface area (Å²) in [7, 11) is 2.94. The summed E-state index contributed by atoms with van der Waals surface area (Å²) < 4.78 is 89.6. The van der Waals surface area contributed by atoms with Crippen molar-refractivity contribution in [3.63, 3.8) is 0 Å². The van der Waals surface area contributed by atoms with Gasteiger partial charge in [0.25, 0.3) is 0 Å². The first-order chi connectivity index (χ1) is 50.0. The second-order valence-electron chi connectivity index (χ2n) is 35.4. The van der Waals surface area contributed by atoms with E-state index in [9.17, 15) is 60.0 Å². The number of nitrogens with one attached hydrogen (secondary N) is 2. The molecule has 6 rings (SSSR count). The number of carbonyl (C=O) groups excluding carboxylic acids is 4. The third-order valence-electron chi connectivity index (χ3n) is 26.1. The van der Waals surface area contributed by atoms with Crippen molar-refractivity contribution in [1.29, 1.82) is 0 Å². The average Bonchev–Trinajstić information content (AvgIpc) is 0.788. The van der Waals surface area contributed by atoms with E-state index in [0.717, 1.165) is 0 Å². The van der Waals surface area contributed by atoms with Gasteiger partial charge in [-0.15, -0.1) is 0 Å². The SMILES string of the molecule is CC[C@H]1OC(=O)[C@H](C)[C@@H](OC2CC(C)(OC)C(OC(=O)NCCCCNC(=O)OC3C(C)OC(O[C@H]4[C@H](C)[C@@H](OC5OC(C)CC(C)C5O)[C@](C)(O)C[C@@H](C)[C@H](C)[C@H](C)[C@@H](O)[C@](C)(O)[C@@H](CC)OC(=O)[C@@H]4C)CC3(C)OC)C(C)O2)[C@H](C)[C@@H](OC2OC(C)CC(C)C2O)[C@](C)(O)C[C@@H](C)[C@H](C)[C@H](C)[C@@H](O)[C@]1(C)O.[Ac]. The van der Waals surface area contributed by atoms with Gasteiger partial charge in [0.2, 0.25) is 0 Å². The monoisotopic (exact) mass is 1780 g/mol. The van der Waals surface area contributed by atoms with Crippen LogP contribution in [0.25, 0.3) is 0 Å². The summed E-state index contributed by atoms with van der Waals surface area (Å²) in [5, 5.41) is 102. The number of cyclic esters (lactones) is 2. The second kappa shape index (κ2) is 40.6. The molecule has 633 valence electrons. The van der Waals surface area contributed by atoms with Gasteiger partial charge in [-0.05, 0) is 182 Å². The van der Waals surface area contributed by atoms with Crippen molar-refractivity contribution in [3.05, 3.63) is 0 Å². The molecule has 28 nitrogen and oxygen atoms in total. The molecule has 0 aromatic heterocycles. The van der Waals surface area contributed by atoms with Gasteiger partial charge in [-0.25, -0.2) is 9.59 Å². The van der Waals surface area contributed by atoms with Crippen LogP contribution in [0.4, 0.5) is 9.59 Å². The third kappa shape index (κ3) is 23.6. The number of aliphatic hydroxyl groups excluding tert-OH is 4. The zero-order valence-electron chi connectivity index (χ0n) is 70.5. The van der Waals surface area contributed by atoms with Crippen LogP contribution in [0.3, 0.4) is 0 Å². The molecule has 0 aliphatic carbocycles. The van der Waals surface area contributed by atoms with Crippen molar-refractivity contribution in [2.75, 3.05) is 27.3 Å². The van der Waals surface area contributed by atoms with Crippen LogP contribution in [0, 0.1) is 115 Å². The van der Waals surface area contributed by atoms with Gasteiger partial charge in [-0.1, -0.05) is 83.1 Å². The number of carbonyl (C=O) groups is 4. The molecule has 1 radical (unpaired) electrons. The van der Waals surface area contributed by atoms with Crippen molar-refractivity contribution >= 4 is 24.1 Å². The topological polar surface area (TPSA) is 383 Å². The van der Waals surface area contributed by atoms with Crippen LogP contribution in [0.15, 0.2) is 0 Å². The minimum atomic E-state index is -1.87. The van der Waals surface area contributed by atoms with Crippen LogP contribution in [-0.4, -0.2) is 249 Å². The zero-order valence-corrected chi connectivity index (χ0v) is 75.2. The number of ether oxygens (including phenoxy) is 14. The van der Waals surface area contributed by atoms with E-state index in [1.807, 2.05) is 69.2 Å². The molecule has 2 amide bonds. The maximum absolute atomic E-state index is 14.6. The molecule has 10 N–H and O–H groups in total. The predicted octanol–water partition coefficient (Wildman–Crippen LogP) is 8.38. The molecule has 0 saturated carbocycles. The van der Waals surface area contributed by atoms with Crippen LogP contribution in [0.2, 0.25) is 0 Å². The van der Waals surface area contributed by atoms with Gasteiger partial charge in [0.1, 0.15) is 46.8 Å². The third-order valence-corrected chi connectivity index (χ3v) is 26.1. The van der Waals surface area contributed by atoms with Crippen molar-refractivity contribution in [2.24, 2.45) is 71.0 Å². The van der Waals surface area contributed by atoms with Crippen LogP contribution < -0.4 is 10.6 Å². The Morgan fingerprint density at radius 1 is 0.450 bits per heavy atom. The van der Waals surface area contributed by atoms with Crippen LogP contribution in [0.1, 0.15) is 230 Å². The van der Waals surface area contributed by atoms with Crippen molar-refractivity contribution in [1.82, 2.24) is 10.6 Å². The molecule has 6 saturated heterocycles. The Balaban J connectivity index is 0.0000213. The number of rotatable bonds is 19. The molecule has 6 aliphatic heterocycles. The number of unbranched alkanes of at least 4 members (excludes halogenated alkanes) is 1. The number of hydrogen-bond donors (Lipinski definition) is 10. The maximum Gasteiger partial charge on any atom is 0.407 e. The van der Waals surface area contributed by atoms with E-state index in [1.54, 1.807) is 83.1 Å². The Morgan fingerprint density at radius 3 is 1.07 bits per heavy atom. The standard InChI is InChI=1S/C80H144N2O26.Ac/c1-27-55-79(23,93)63(85)47(11)45(9)41(5)35-75(19,91)65(105-71-59(83)39(3)33-43(7)97-71)49(13)61(51(15)69(87)101-55)103-57-37-77(21,95-25)67(53(17)99-57)107-73(89)81-31-29-30-32-82-74(90)108-68-54(18)100-58(38-78(68,22)96-26)104-62-50(14)66(106-72-60(84)40(4)34-44(8)98-72)76(20,92)36-42(6)46(10)48(12)64(86)80(24,94)56(28-2)102-70(88)52(62)16;/h39-68,71-72,83-86,91-94H,27-38H2,1-26H3,(H,81,89)(H,82,90);/t39?,40?,41-,42-,43?,44?,45+,46+,47+,48+,49+,50+,51-,52-,53?,54?,55-,56-,57?,58?,59?,60?,61+,62+,63-,64-,65-,66-,67?,68?,71?,72?,75-,76-,77?,78?,79-,80-;/m1./s1. The van der Waals surface area contributed by atoms with Crippen molar-refractivity contribution in [2.45, 2.75) is 387 Å². The molecular weight excluding hydrogens is 1630 g/mol. The fourth-order valence-electron chi connectivity index (χ4n) is 18.4. The summed E-state index contributed by atoms with van der Waals surface area (Å²) in [6.07, 6.45) is -19.5. The zero-order chi connectivity index (χ0) is 81.6. The molecule has 0 bridgehead atoms. The summed E-state index contributed by atoms with van der Waals surface area (Å²) in [5.74, 6) is -7.97. The van der Waals surface area contributed by atoms with E-state index in [4.69, 9.17) is 66.3 Å². The van der Waals surface area contributed by atoms with Crippen LogP contribution >= 0.6 is 0 Å². The maximum atomic E-state index is 14.6. The number of aliphatic hydroxyl groups is 8. The Morgan fingerprint density at radius 2 is 0.771 bits per heavy atom. The van der Waals surface area contributed by atoms with E-state index in [0.29, 0.717) is 25.7 Å². The summed E-state index contributed by atoms with van der Waals surface area (Å²) in [6, 6.07) is 0. The second-order valence-corrected chi connectivity index (χ2v) is 35.4. The smallest absolute Gasteiger partial charge is 0.407 e. The van der Waals surface area contributed by atoms with Gasteiger partial charge < -0.3 is 118 Å². The number of methoxy groups -OCH3 is 2. The van der Waals surface area contributed by atoms with Crippen LogP contribution in [-0.2, 0) is 75.9 Å². The minimum absolute atomic E-state index is 0. The first kappa shape index (κ1) is 97.8. The number of amides is 2. The summed E-state index contributed by atoms with van der Waals surface area (Å²) in [6.45, 7) is 42.7. The first-order valence-electron chi connectivity index (χ1n) is 40.2. The van der Waals surface area contributed by atoms with E-state index < -0.39 is 204 Å². The van der Waals surface area contributed by atoms with Gasteiger partial charge >= 0.3 is 24.1 Å². The normalized spacial score (nSPS) is 48.4. The first-order valence-corrected chi connectivity index (χ1v) is 40.2. The van der Waals surface area contributed by atoms with Crippen molar-refractivity contribution in [3.8, 4) is 0 Å². The summed E-state index contributed by atoms with van der Waals surface area (Å²) >= 11 is 0. The Labute approximate surface area is 685 Å². The molecule has 6 fully saturated rings. The fraction of sp³-hybridized carbons (Fsp3) is 0.950. The van der Waals surface area contributed by atoms with Crippen molar-refractivity contribution < 1.29 is 170 Å². The fourth-order valence-corrected chi connectivity index (χ4v) is 18.4. The molecule has 6 aliphatic rings. The molecular formula is C80H144AcN2O26. The molecule has 38 atom stereocenters. The Kier molecular flexibility index (Phi) is 36.4. The largest absolute Gasteiger partial charge is 0.459 e. The molecule has 0 spiro atoms. The summed E-state index contributed by atoms with van der Waals surface area (Å²) in [5.41, 5.74) is -9.58. The van der Waals surface area contributed by atoms with Gasteiger partial charge in [-0.3, -0.25) is 9.59 Å². The van der Waals surface area contributed by atoms with Gasteiger partial charge in [-0.2, -0.15) is 0 Å².